The lowest BCUT2D eigenvalue weighted by Crippen LogP contribution is -2.52. The molecule has 2 saturated heterocycles. The summed E-state index contributed by atoms with van der Waals surface area (Å²) < 4.78 is 35.3. The highest BCUT2D eigenvalue weighted by molar-refractivity contribution is 7.80. The van der Waals surface area contributed by atoms with Crippen LogP contribution in [0.4, 0.5) is 4.79 Å². The molecule has 2 bridgehead atoms. The molecule has 27 heavy (non-hydrogen) atoms. The number of carbonyl (C=O) groups is 1. The lowest BCUT2D eigenvalue weighted by atomic mass is 9.50. The van der Waals surface area contributed by atoms with Crippen molar-refractivity contribution in [2.24, 2.45) is 11.1 Å². The fraction of sp³-hybridized carbons (Fsp3) is 0.800. The third-order valence-electron chi connectivity index (χ3n) is 6.34. The van der Waals surface area contributed by atoms with Gasteiger partial charge in [0.1, 0.15) is 10.0 Å². The van der Waals surface area contributed by atoms with Gasteiger partial charge in [-0.3, -0.25) is 4.55 Å². The van der Waals surface area contributed by atoms with E-state index in [1.807, 2.05) is 0 Å². The largest absolute Gasteiger partial charge is 0.418 e. The number of fused-ring (bicyclic) bond motifs is 2. The Bertz CT molecular complexity index is 875. The van der Waals surface area contributed by atoms with Crippen molar-refractivity contribution in [2.75, 3.05) is 6.54 Å². The van der Waals surface area contributed by atoms with Crippen molar-refractivity contribution in [2.45, 2.75) is 62.6 Å². The van der Waals surface area contributed by atoms with Gasteiger partial charge in [0.25, 0.3) is 0 Å². The lowest BCUT2D eigenvalue weighted by Gasteiger charge is -2.56. The van der Waals surface area contributed by atoms with E-state index >= 15 is 0 Å². The lowest BCUT2D eigenvalue weighted by molar-refractivity contribution is -0.0317. The molecule has 1 spiro atoms. The number of nitrogens with zero attached hydrogens (tertiary/aromatic N) is 4. The first-order valence-electron chi connectivity index (χ1n) is 9.09. The van der Waals surface area contributed by atoms with Crippen molar-refractivity contribution < 1.29 is 22.0 Å². The number of urea groups is 1. The molecule has 2 aliphatic carbocycles. The fourth-order valence-corrected chi connectivity index (χ4v) is 6.66. The molecule has 1 aromatic heterocycles. The standard InChI is InChI=1S/C15H21N5O5S2/c16-9-5-15(6-9)3-8(4-15)12-17-18-13(26-12)11-2-1-10-7-19(11)14(21)20(10)25-27(22,23)24/h8-11H,1-7,16H2,(H,22,23,24)/t8?,9?,10-,11+,15?/m1/s1. The topological polar surface area (TPSA) is 139 Å². The maximum Gasteiger partial charge on any atom is 0.418 e. The SMILES string of the molecule is NC1CC2(C1)CC(c1nnc([C@@H]3CC[C@@H]4CN3C(=O)N4OS(=O)(=O)O)s1)C2. The monoisotopic (exact) mass is 415 g/mol. The van der Waals surface area contributed by atoms with Gasteiger partial charge >= 0.3 is 16.4 Å². The molecule has 148 valence electrons. The van der Waals surface area contributed by atoms with E-state index in [4.69, 9.17) is 10.3 Å². The van der Waals surface area contributed by atoms with Gasteiger partial charge in [0.15, 0.2) is 0 Å². The van der Waals surface area contributed by atoms with Crippen LogP contribution >= 0.6 is 11.3 Å². The number of aromatic nitrogens is 2. The van der Waals surface area contributed by atoms with Gasteiger partial charge in [0.2, 0.25) is 0 Å². The molecule has 2 saturated carbocycles. The Hall–Kier alpha value is -1.34. The predicted octanol–water partition coefficient (Wildman–Crippen LogP) is 1.20. The van der Waals surface area contributed by atoms with Crippen molar-refractivity contribution in [1.82, 2.24) is 20.2 Å². The van der Waals surface area contributed by atoms with Crippen molar-refractivity contribution in [1.29, 1.82) is 0 Å². The van der Waals surface area contributed by atoms with Crippen LogP contribution in [-0.2, 0) is 14.7 Å². The molecule has 5 rings (SSSR count). The van der Waals surface area contributed by atoms with Crippen LogP contribution in [0.3, 0.4) is 0 Å². The van der Waals surface area contributed by atoms with E-state index in [9.17, 15) is 13.2 Å². The number of nitrogens with two attached hydrogens (primary N) is 1. The van der Waals surface area contributed by atoms with E-state index in [2.05, 4.69) is 14.5 Å². The summed E-state index contributed by atoms with van der Waals surface area (Å²) in [5.74, 6) is 0.425. The summed E-state index contributed by atoms with van der Waals surface area (Å²) in [6.07, 6.45) is 5.65. The number of rotatable bonds is 4. The first kappa shape index (κ1) is 17.7. The maximum atomic E-state index is 12.5. The Morgan fingerprint density at radius 3 is 2.56 bits per heavy atom. The van der Waals surface area contributed by atoms with Crippen LogP contribution in [-0.4, -0.2) is 57.8 Å². The van der Waals surface area contributed by atoms with Crippen molar-refractivity contribution >= 4 is 27.8 Å². The summed E-state index contributed by atoms with van der Waals surface area (Å²) in [5.41, 5.74) is 6.34. The summed E-state index contributed by atoms with van der Waals surface area (Å²) in [4.78, 5) is 14.1. The Kier molecular flexibility index (Phi) is 3.83. The summed E-state index contributed by atoms with van der Waals surface area (Å²) in [5, 5.41) is 11.2. The number of hydrogen-bond donors (Lipinski definition) is 2. The van der Waals surface area contributed by atoms with Gasteiger partial charge in [-0.1, -0.05) is 11.3 Å². The highest BCUT2D eigenvalue weighted by atomic mass is 32.3. The normalized spacial score (nSPS) is 38.2. The van der Waals surface area contributed by atoms with E-state index in [-0.39, 0.29) is 6.04 Å². The molecular formula is C15H21N5O5S2. The van der Waals surface area contributed by atoms with Crippen LogP contribution in [0.1, 0.15) is 60.5 Å². The number of carbonyl (C=O) groups excluding carboxylic acids is 1. The van der Waals surface area contributed by atoms with Crippen LogP contribution in [0.25, 0.3) is 0 Å². The van der Waals surface area contributed by atoms with Gasteiger partial charge in [-0.05, 0) is 43.9 Å². The first-order valence-corrected chi connectivity index (χ1v) is 11.3. The molecule has 10 nitrogen and oxygen atoms in total. The minimum absolute atomic E-state index is 0.235. The zero-order valence-electron chi connectivity index (χ0n) is 14.5. The highest BCUT2D eigenvalue weighted by Gasteiger charge is 2.53. The average molecular weight is 415 g/mol. The van der Waals surface area contributed by atoms with Gasteiger partial charge in [0, 0.05) is 18.5 Å². The fourth-order valence-electron chi connectivity index (χ4n) is 5.18. The highest BCUT2D eigenvalue weighted by Crippen LogP contribution is 2.61. The molecule has 2 aliphatic heterocycles. The third-order valence-corrected chi connectivity index (χ3v) is 7.87. The zero-order chi connectivity index (χ0) is 19.0. The van der Waals surface area contributed by atoms with E-state index in [1.165, 1.54) is 11.3 Å². The van der Waals surface area contributed by atoms with Crippen molar-refractivity contribution in [3.63, 3.8) is 0 Å². The molecule has 0 radical (unpaired) electrons. The summed E-state index contributed by atoms with van der Waals surface area (Å²) in [6, 6.07) is -0.846. The van der Waals surface area contributed by atoms with Gasteiger partial charge in [-0.25, -0.2) is 4.79 Å². The van der Waals surface area contributed by atoms with Crippen LogP contribution in [0.15, 0.2) is 0 Å². The van der Waals surface area contributed by atoms with Gasteiger partial charge < -0.3 is 10.6 Å². The summed E-state index contributed by atoms with van der Waals surface area (Å²) >= 11 is 1.54. The van der Waals surface area contributed by atoms with Crippen LogP contribution in [0.2, 0.25) is 0 Å². The number of hydrogen-bond acceptors (Lipinski definition) is 8. The molecule has 1 aromatic rings. The van der Waals surface area contributed by atoms with E-state index in [0.29, 0.717) is 36.8 Å². The quantitative estimate of drug-likeness (QED) is 0.699. The second-order valence-corrected chi connectivity index (χ2v) is 10.3. The van der Waals surface area contributed by atoms with Crippen molar-refractivity contribution in [3.05, 3.63) is 10.0 Å². The molecular weight excluding hydrogens is 394 g/mol. The molecule has 12 heteroatoms. The zero-order valence-corrected chi connectivity index (χ0v) is 16.2. The Balaban J connectivity index is 1.28. The number of hydroxylamine groups is 2. The second kappa shape index (κ2) is 5.83. The summed E-state index contributed by atoms with van der Waals surface area (Å²) in [7, 11) is -4.73. The number of amides is 2. The van der Waals surface area contributed by atoms with Crippen LogP contribution in [0.5, 0.6) is 0 Å². The minimum Gasteiger partial charge on any atom is -0.328 e. The predicted molar refractivity (Wildman–Crippen MR) is 93.9 cm³/mol. The Labute approximate surface area is 160 Å². The molecule has 2 amide bonds. The van der Waals surface area contributed by atoms with Gasteiger partial charge in [-0.2, -0.15) is 13.5 Å². The molecule has 2 atom stereocenters. The van der Waals surface area contributed by atoms with Crippen molar-refractivity contribution in [3.8, 4) is 0 Å². The molecule has 0 unspecified atom stereocenters. The Morgan fingerprint density at radius 1 is 1.19 bits per heavy atom. The molecule has 4 aliphatic rings. The average Bonchev–Trinajstić information content (AvgIpc) is 3.09. The number of piperidine rings is 1. The smallest absolute Gasteiger partial charge is 0.328 e. The Morgan fingerprint density at radius 2 is 1.89 bits per heavy atom. The van der Waals surface area contributed by atoms with E-state index in [1.54, 1.807) is 4.90 Å². The van der Waals surface area contributed by atoms with E-state index in [0.717, 1.165) is 40.8 Å². The molecule has 0 aromatic carbocycles. The third kappa shape index (κ3) is 2.94. The first-order chi connectivity index (χ1) is 12.7. The molecule has 3 N–H and O–H groups in total. The van der Waals surface area contributed by atoms with Gasteiger partial charge in [0.05, 0.1) is 12.1 Å². The van der Waals surface area contributed by atoms with Crippen LogP contribution in [0, 0.1) is 5.41 Å². The minimum atomic E-state index is -4.73. The maximum absolute atomic E-state index is 12.5. The molecule has 3 heterocycles. The van der Waals surface area contributed by atoms with E-state index < -0.39 is 22.5 Å². The second-order valence-electron chi connectivity index (χ2n) is 8.26. The van der Waals surface area contributed by atoms with Gasteiger partial charge in [-0.15, -0.1) is 14.5 Å². The molecule has 4 fully saturated rings. The summed E-state index contributed by atoms with van der Waals surface area (Å²) in [6.45, 7) is 0.346. The van der Waals surface area contributed by atoms with Crippen LogP contribution < -0.4 is 5.73 Å².